The summed E-state index contributed by atoms with van der Waals surface area (Å²) in [5.74, 6) is 2.00. The van der Waals surface area contributed by atoms with Crippen LogP contribution in [0.4, 0.5) is 0 Å². The van der Waals surface area contributed by atoms with E-state index in [0.717, 1.165) is 18.3 Å². The van der Waals surface area contributed by atoms with Gasteiger partial charge in [-0.25, -0.2) is 0 Å². The molecule has 0 saturated heterocycles. The van der Waals surface area contributed by atoms with Crippen LogP contribution in [0.25, 0.3) is 0 Å². The van der Waals surface area contributed by atoms with Crippen LogP contribution in [0.3, 0.4) is 0 Å². The molecule has 0 unspecified atom stereocenters. The van der Waals surface area contributed by atoms with Crippen molar-refractivity contribution in [1.82, 2.24) is 0 Å². The second kappa shape index (κ2) is 6.85. The molecule has 0 bridgehead atoms. The predicted octanol–water partition coefficient (Wildman–Crippen LogP) is 5.84. The molecule has 1 N–H and O–H groups in total. The molecule has 2 rings (SSSR count). The van der Waals surface area contributed by atoms with E-state index >= 15 is 0 Å². The van der Waals surface area contributed by atoms with E-state index in [2.05, 4.69) is 33.8 Å². The fraction of sp³-hybridized carbons (Fsp3) is 0.700. The minimum atomic E-state index is 0.274. The largest absolute Gasteiger partial charge is 0.508 e. The van der Waals surface area contributed by atoms with E-state index in [1.807, 2.05) is 12.1 Å². The van der Waals surface area contributed by atoms with E-state index in [1.165, 1.54) is 49.7 Å². The van der Waals surface area contributed by atoms with Gasteiger partial charge in [0, 0.05) is 0 Å². The molecule has 1 aromatic carbocycles. The first kappa shape index (κ1) is 16.4. The third kappa shape index (κ3) is 3.27. The Morgan fingerprint density at radius 2 is 2.05 bits per heavy atom. The number of rotatable bonds is 5. The highest BCUT2D eigenvalue weighted by atomic mass is 16.3. The molecule has 1 saturated carbocycles. The molecule has 0 spiro atoms. The Morgan fingerprint density at radius 3 is 2.71 bits per heavy atom. The number of benzene rings is 1. The minimum Gasteiger partial charge on any atom is -0.508 e. The van der Waals surface area contributed by atoms with Gasteiger partial charge in [0.2, 0.25) is 0 Å². The molecule has 0 amide bonds. The van der Waals surface area contributed by atoms with E-state index in [4.69, 9.17) is 0 Å². The summed E-state index contributed by atoms with van der Waals surface area (Å²) in [6.07, 6.45) is 9.09. The van der Waals surface area contributed by atoms with E-state index in [1.54, 1.807) is 0 Å². The summed E-state index contributed by atoms with van der Waals surface area (Å²) in [5.41, 5.74) is 3.09. The van der Waals surface area contributed by atoms with Crippen molar-refractivity contribution in [2.75, 3.05) is 0 Å². The molecule has 1 nitrogen and oxygen atoms in total. The van der Waals surface area contributed by atoms with Crippen molar-refractivity contribution < 1.29 is 5.11 Å². The minimum absolute atomic E-state index is 0.274. The lowest BCUT2D eigenvalue weighted by Gasteiger charge is -2.46. The Hall–Kier alpha value is -0.980. The van der Waals surface area contributed by atoms with Crippen LogP contribution < -0.4 is 0 Å². The molecular formula is C20H32O. The van der Waals surface area contributed by atoms with Gasteiger partial charge in [-0.1, -0.05) is 65.9 Å². The molecule has 1 heteroatoms. The molecular weight excluding hydrogens is 256 g/mol. The maximum Gasteiger partial charge on any atom is 0.115 e. The second-order valence-electron chi connectivity index (χ2n) is 7.20. The number of aryl methyl sites for hydroxylation is 1. The number of unbranched alkanes of at least 4 members (excludes halogenated alkanes) is 1. The summed E-state index contributed by atoms with van der Waals surface area (Å²) in [4.78, 5) is 0. The molecule has 3 atom stereocenters. The number of aromatic hydroxyl groups is 1. The summed E-state index contributed by atoms with van der Waals surface area (Å²) < 4.78 is 0. The third-order valence-electron chi connectivity index (χ3n) is 6.00. The van der Waals surface area contributed by atoms with Crippen LogP contribution >= 0.6 is 0 Å². The van der Waals surface area contributed by atoms with Crippen molar-refractivity contribution >= 4 is 0 Å². The average molecular weight is 288 g/mol. The highest BCUT2D eigenvalue weighted by molar-refractivity contribution is 5.40. The van der Waals surface area contributed by atoms with E-state index in [0.29, 0.717) is 5.75 Å². The first-order valence-corrected chi connectivity index (χ1v) is 8.85. The number of phenols is 1. The fourth-order valence-corrected chi connectivity index (χ4v) is 4.40. The second-order valence-corrected chi connectivity index (χ2v) is 7.20. The third-order valence-corrected chi connectivity index (χ3v) is 6.00. The average Bonchev–Trinajstić information content (AvgIpc) is 2.48. The molecule has 0 heterocycles. The van der Waals surface area contributed by atoms with Crippen LogP contribution in [0, 0.1) is 11.8 Å². The van der Waals surface area contributed by atoms with Crippen LogP contribution in [0.1, 0.15) is 77.3 Å². The van der Waals surface area contributed by atoms with Gasteiger partial charge in [-0.2, -0.15) is 0 Å². The van der Waals surface area contributed by atoms with Crippen LogP contribution in [0.5, 0.6) is 5.75 Å². The van der Waals surface area contributed by atoms with Crippen LogP contribution in [0.2, 0.25) is 0 Å². The first-order valence-electron chi connectivity index (χ1n) is 8.85. The summed E-state index contributed by atoms with van der Waals surface area (Å²) >= 11 is 0. The van der Waals surface area contributed by atoms with Gasteiger partial charge < -0.3 is 5.11 Å². The fourth-order valence-electron chi connectivity index (χ4n) is 4.40. The predicted molar refractivity (Wildman–Crippen MR) is 90.9 cm³/mol. The molecule has 21 heavy (non-hydrogen) atoms. The molecule has 118 valence electrons. The number of hydrogen-bond donors (Lipinski definition) is 1. The van der Waals surface area contributed by atoms with Crippen LogP contribution in [-0.2, 0) is 11.8 Å². The Balaban J connectivity index is 2.31. The molecule has 0 aliphatic heterocycles. The number of phenolic OH excluding ortho intramolecular Hbond substituents is 1. The monoisotopic (exact) mass is 288 g/mol. The van der Waals surface area contributed by atoms with Crippen molar-refractivity contribution in [3.63, 3.8) is 0 Å². The summed E-state index contributed by atoms with van der Waals surface area (Å²) in [6, 6.07) is 6.04. The number of hydrogen-bond acceptors (Lipinski definition) is 1. The van der Waals surface area contributed by atoms with Crippen molar-refractivity contribution in [2.24, 2.45) is 11.8 Å². The van der Waals surface area contributed by atoms with Gasteiger partial charge in [0.15, 0.2) is 0 Å². The topological polar surface area (TPSA) is 20.2 Å². The smallest absolute Gasteiger partial charge is 0.115 e. The maximum atomic E-state index is 9.78. The zero-order valence-corrected chi connectivity index (χ0v) is 14.3. The van der Waals surface area contributed by atoms with Gasteiger partial charge in [-0.05, 0) is 53.4 Å². The van der Waals surface area contributed by atoms with Gasteiger partial charge >= 0.3 is 0 Å². The van der Waals surface area contributed by atoms with Crippen molar-refractivity contribution in [3.05, 3.63) is 29.3 Å². The standard InChI is InChI=1S/C20H32O/c1-5-7-9-17-10-8-13-20(4,15(17)3)19-12-11-18(21)14-16(19)6-2/h11-12,14-15,17,21H,5-10,13H2,1-4H3/t15-,17+,20-/m1/s1. The maximum absolute atomic E-state index is 9.78. The summed E-state index contributed by atoms with van der Waals surface area (Å²) in [6.45, 7) is 9.42. The SMILES string of the molecule is CCCC[C@H]1CCC[C@@](C)(c2ccc(O)cc2CC)[C@@H]1C. The normalized spacial score (nSPS) is 29.5. The Morgan fingerprint density at radius 1 is 1.29 bits per heavy atom. The first-order chi connectivity index (χ1) is 10.0. The highest BCUT2D eigenvalue weighted by Gasteiger charge is 2.41. The lowest BCUT2D eigenvalue weighted by Crippen LogP contribution is -2.39. The highest BCUT2D eigenvalue weighted by Crippen LogP contribution is 2.49. The molecule has 1 aliphatic carbocycles. The lowest BCUT2D eigenvalue weighted by molar-refractivity contribution is 0.132. The molecule has 0 radical (unpaired) electrons. The molecule has 1 aromatic rings. The summed E-state index contributed by atoms with van der Waals surface area (Å²) in [7, 11) is 0. The van der Waals surface area contributed by atoms with Crippen molar-refractivity contribution in [3.8, 4) is 5.75 Å². The zero-order chi connectivity index (χ0) is 15.5. The Bertz CT molecular complexity index is 465. The van der Waals surface area contributed by atoms with E-state index < -0.39 is 0 Å². The summed E-state index contributed by atoms with van der Waals surface area (Å²) in [5, 5.41) is 9.78. The van der Waals surface area contributed by atoms with Crippen molar-refractivity contribution in [2.45, 2.75) is 78.1 Å². The van der Waals surface area contributed by atoms with E-state index in [-0.39, 0.29) is 5.41 Å². The lowest BCUT2D eigenvalue weighted by atomic mass is 9.58. The molecule has 1 aliphatic rings. The molecule has 0 aromatic heterocycles. The van der Waals surface area contributed by atoms with Gasteiger partial charge in [-0.15, -0.1) is 0 Å². The molecule has 1 fully saturated rings. The Kier molecular flexibility index (Phi) is 5.35. The quantitative estimate of drug-likeness (QED) is 0.721. The Labute approximate surface area is 130 Å². The van der Waals surface area contributed by atoms with Gasteiger partial charge in [-0.3, -0.25) is 0 Å². The van der Waals surface area contributed by atoms with Gasteiger partial charge in [0.1, 0.15) is 5.75 Å². The van der Waals surface area contributed by atoms with Gasteiger partial charge in [0.25, 0.3) is 0 Å². The van der Waals surface area contributed by atoms with Gasteiger partial charge in [0.05, 0.1) is 0 Å². The van der Waals surface area contributed by atoms with Crippen LogP contribution in [0.15, 0.2) is 18.2 Å². The van der Waals surface area contributed by atoms with Crippen LogP contribution in [-0.4, -0.2) is 5.11 Å². The van der Waals surface area contributed by atoms with Crippen molar-refractivity contribution in [1.29, 1.82) is 0 Å². The zero-order valence-electron chi connectivity index (χ0n) is 14.3. The van der Waals surface area contributed by atoms with E-state index in [9.17, 15) is 5.11 Å².